The molecule has 5 heteroatoms. The summed E-state index contributed by atoms with van der Waals surface area (Å²) in [5.74, 6) is 0.140. The van der Waals surface area contributed by atoms with Crippen LogP contribution in [0.4, 0.5) is 0 Å². The van der Waals surface area contributed by atoms with Crippen molar-refractivity contribution in [3.05, 3.63) is 34.7 Å². The van der Waals surface area contributed by atoms with Gasteiger partial charge in [-0.1, -0.05) is 11.6 Å². The van der Waals surface area contributed by atoms with Crippen LogP contribution in [0.15, 0.2) is 17.7 Å². The SMILES string of the molecule is CCNC(=O)C[NH+](CC)CC(=O)c1cc(C)n(CCC2=CCCCC2)c1C. The second-order valence-corrected chi connectivity index (χ2v) is 7.63. The van der Waals surface area contributed by atoms with Crippen LogP contribution in [0.25, 0.3) is 0 Å². The first-order valence-corrected chi connectivity index (χ1v) is 10.4. The molecule has 0 radical (unpaired) electrons. The number of quaternary nitrogens is 1. The van der Waals surface area contributed by atoms with Crippen molar-refractivity contribution in [3.63, 3.8) is 0 Å². The predicted molar refractivity (Wildman–Crippen MR) is 109 cm³/mol. The number of likely N-dealkylation sites (N-methyl/N-ethyl adjacent to an activating group) is 2. The molecule has 0 aromatic carbocycles. The molecule has 1 unspecified atom stereocenters. The van der Waals surface area contributed by atoms with E-state index in [1.807, 2.05) is 26.8 Å². The molecule has 1 amide bonds. The van der Waals surface area contributed by atoms with Crippen LogP contribution in [0, 0.1) is 13.8 Å². The summed E-state index contributed by atoms with van der Waals surface area (Å²) >= 11 is 0. The van der Waals surface area contributed by atoms with Gasteiger partial charge in [0, 0.05) is 30.0 Å². The van der Waals surface area contributed by atoms with E-state index in [2.05, 4.69) is 22.9 Å². The molecule has 1 aliphatic rings. The number of aromatic nitrogens is 1. The molecule has 0 aliphatic heterocycles. The molecule has 0 spiro atoms. The Morgan fingerprint density at radius 1 is 1.19 bits per heavy atom. The fraction of sp³-hybridized carbons (Fsp3) is 0.636. The minimum absolute atomic E-state index is 0.00776. The Kier molecular flexibility index (Phi) is 8.29. The van der Waals surface area contributed by atoms with Gasteiger partial charge in [-0.3, -0.25) is 9.59 Å². The number of rotatable bonds is 10. The minimum Gasteiger partial charge on any atom is -0.351 e. The second-order valence-electron chi connectivity index (χ2n) is 7.63. The van der Waals surface area contributed by atoms with Crippen LogP contribution in [-0.4, -0.2) is 42.4 Å². The summed E-state index contributed by atoms with van der Waals surface area (Å²) in [6.45, 7) is 11.1. The normalized spacial score (nSPS) is 15.3. The molecule has 1 aromatic rings. The van der Waals surface area contributed by atoms with Crippen molar-refractivity contribution in [2.75, 3.05) is 26.2 Å². The van der Waals surface area contributed by atoms with Gasteiger partial charge in [-0.05, 0) is 65.9 Å². The first kappa shape index (κ1) is 21.4. The Hall–Kier alpha value is -1.88. The van der Waals surface area contributed by atoms with Crippen LogP contribution >= 0.6 is 0 Å². The lowest BCUT2D eigenvalue weighted by molar-refractivity contribution is -0.881. The maximum atomic E-state index is 12.9. The van der Waals surface area contributed by atoms with Gasteiger partial charge in [0.1, 0.15) is 6.54 Å². The summed E-state index contributed by atoms with van der Waals surface area (Å²) in [5.41, 5.74) is 4.58. The maximum Gasteiger partial charge on any atom is 0.275 e. The molecule has 2 rings (SSSR count). The highest BCUT2D eigenvalue weighted by molar-refractivity contribution is 5.98. The van der Waals surface area contributed by atoms with Crippen molar-refractivity contribution in [1.82, 2.24) is 9.88 Å². The summed E-state index contributed by atoms with van der Waals surface area (Å²) in [6, 6.07) is 2.02. The van der Waals surface area contributed by atoms with E-state index in [0.717, 1.165) is 41.4 Å². The number of Topliss-reactive ketones (excluding diaryl/α,β-unsaturated/α-hetero) is 1. The number of hydrogen-bond donors (Lipinski definition) is 2. The van der Waals surface area contributed by atoms with E-state index < -0.39 is 0 Å². The zero-order valence-corrected chi connectivity index (χ0v) is 17.5. The molecular weight excluding hydrogens is 338 g/mol. The van der Waals surface area contributed by atoms with Gasteiger partial charge in [0.2, 0.25) is 5.78 Å². The largest absolute Gasteiger partial charge is 0.351 e. The number of carbonyl (C=O) groups excluding carboxylic acids is 2. The van der Waals surface area contributed by atoms with E-state index in [1.54, 1.807) is 5.57 Å². The minimum atomic E-state index is 0.00776. The third-order valence-corrected chi connectivity index (χ3v) is 5.61. The fourth-order valence-electron chi connectivity index (χ4n) is 3.94. The van der Waals surface area contributed by atoms with Gasteiger partial charge in [0.15, 0.2) is 6.54 Å². The van der Waals surface area contributed by atoms with Crippen LogP contribution in [0.3, 0.4) is 0 Å². The zero-order chi connectivity index (χ0) is 19.8. The number of ketones is 1. The van der Waals surface area contributed by atoms with Crippen LogP contribution in [0.2, 0.25) is 0 Å². The molecule has 0 saturated heterocycles. The van der Waals surface area contributed by atoms with Crippen molar-refractivity contribution in [2.24, 2.45) is 0 Å². The lowest BCUT2D eigenvalue weighted by Crippen LogP contribution is -3.13. The third-order valence-electron chi connectivity index (χ3n) is 5.61. The highest BCUT2D eigenvalue weighted by Gasteiger charge is 2.21. The van der Waals surface area contributed by atoms with Crippen molar-refractivity contribution in [3.8, 4) is 0 Å². The van der Waals surface area contributed by atoms with Gasteiger partial charge in [0.05, 0.1) is 6.54 Å². The van der Waals surface area contributed by atoms with Gasteiger partial charge < -0.3 is 14.8 Å². The summed E-state index contributed by atoms with van der Waals surface area (Å²) in [4.78, 5) is 25.7. The first-order valence-electron chi connectivity index (χ1n) is 10.4. The number of hydrogen-bond acceptors (Lipinski definition) is 2. The molecule has 0 saturated carbocycles. The predicted octanol–water partition coefficient (Wildman–Crippen LogP) is 2.22. The molecule has 150 valence electrons. The van der Waals surface area contributed by atoms with Crippen molar-refractivity contribution < 1.29 is 14.5 Å². The molecule has 1 aromatic heterocycles. The average molecular weight is 375 g/mol. The van der Waals surface area contributed by atoms with Gasteiger partial charge in [0.25, 0.3) is 5.91 Å². The Labute approximate surface area is 163 Å². The standard InChI is InChI=1S/C22H35N3O2/c1-5-23-22(27)16-24(6-2)15-21(26)20-14-17(3)25(18(20)4)13-12-19-10-8-7-9-11-19/h10,14H,5-9,11-13,15-16H2,1-4H3,(H,23,27)/p+1. The Balaban J connectivity index is 2.01. The van der Waals surface area contributed by atoms with E-state index in [-0.39, 0.29) is 11.7 Å². The van der Waals surface area contributed by atoms with Gasteiger partial charge in [-0.2, -0.15) is 0 Å². The molecule has 27 heavy (non-hydrogen) atoms. The molecule has 1 aliphatic carbocycles. The van der Waals surface area contributed by atoms with Crippen LogP contribution < -0.4 is 10.2 Å². The van der Waals surface area contributed by atoms with Crippen molar-refractivity contribution in [2.45, 2.75) is 66.3 Å². The molecule has 0 bridgehead atoms. The second kappa shape index (κ2) is 10.5. The topological polar surface area (TPSA) is 55.5 Å². The molecule has 1 heterocycles. The van der Waals surface area contributed by atoms with Gasteiger partial charge in [-0.15, -0.1) is 0 Å². The molecule has 0 fully saturated rings. The fourth-order valence-corrected chi connectivity index (χ4v) is 3.94. The monoisotopic (exact) mass is 374 g/mol. The van der Waals surface area contributed by atoms with Crippen LogP contribution in [0.5, 0.6) is 0 Å². The number of amides is 1. The summed E-state index contributed by atoms with van der Waals surface area (Å²) in [5, 5.41) is 2.82. The molecule has 5 nitrogen and oxygen atoms in total. The van der Waals surface area contributed by atoms with Crippen LogP contribution in [-0.2, 0) is 11.3 Å². The first-order chi connectivity index (χ1) is 13.0. The highest BCUT2D eigenvalue weighted by atomic mass is 16.2. The molecule has 2 N–H and O–H groups in total. The van der Waals surface area contributed by atoms with E-state index >= 15 is 0 Å². The summed E-state index contributed by atoms with van der Waals surface area (Å²) in [6.07, 6.45) is 8.53. The van der Waals surface area contributed by atoms with Gasteiger partial charge in [-0.25, -0.2) is 0 Å². The number of allylic oxidation sites excluding steroid dienone is 2. The summed E-state index contributed by atoms with van der Waals surface area (Å²) < 4.78 is 2.28. The average Bonchev–Trinajstić information content (AvgIpc) is 2.94. The van der Waals surface area contributed by atoms with Crippen LogP contribution in [0.1, 0.15) is 67.7 Å². The highest BCUT2D eigenvalue weighted by Crippen LogP contribution is 2.22. The number of nitrogens with zero attached hydrogens (tertiary/aromatic N) is 1. The van der Waals surface area contributed by atoms with E-state index in [1.165, 1.54) is 25.7 Å². The maximum absolute atomic E-state index is 12.9. The lowest BCUT2D eigenvalue weighted by atomic mass is 9.97. The Bertz CT molecular complexity index is 688. The Morgan fingerprint density at radius 3 is 2.59 bits per heavy atom. The summed E-state index contributed by atoms with van der Waals surface area (Å²) in [7, 11) is 0. The number of aryl methyl sites for hydroxylation is 1. The smallest absolute Gasteiger partial charge is 0.275 e. The van der Waals surface area contributed by atoms with Crippen molar-refractivity contribution >= 4 is 11.7 Å². The van der Waals surface area contributed by atoms with Gasteiger partial charge >= 0.3 is 0 Å². The van der Waals surface area contributed by atoms with Crippen molar-refractivity contribution in [1.29, 1.82) is 0 Å². The van der Waals surface area contributed by atoms with E-state index in [9.17, 15) is 9.59 Å². The van der Waals surface area contributed by atoms with E-state index in [0.29, 0.717) is 19.6 Å². The number of carbonyl (C=O) groups is 2. The molecule has 1 atom stereocenters. The third kappa shape index (κ3) is 6.06. The Morgan fingerprint density at radius 2 is 1.96 bits per heavy atom. The van der Waals surface area contributed by atoms with E-state index in [4.69, 9.17) is 0 Å². The molecular formula is C22H36N3O2+. The lowest BCUT2D eigenvalue weighted by Gasteiger charge is -2.17. The number of nitrogens with one attached hydrogen (secondary N) is 2. The zero-order valence-electron chi connectivity index (χ0n) is 17.5. The quantitative estimate of drug-likeness (QED) is 0.487.